The van der Waals surface area contributed by atoms with E-state index in [-0.39, 0.29) is 51.3 Å². The molecule has 0 aromatic heterocycles. The highest BCUT2D eigenvalue weighted by atomic mass is 32.2. The first-order chi connectivity index (χ1) is 24.3. The summed E-state index contributed by atoms with van der Waals surface area (Å²) in [5, 5.41) is 10.1. The number of carbonyl (C=O) groups is 2. The Morgan fingerprint density at radius 2 is 1.23 bits per heavy atom. The third-order valence-electron chi connectivity index (χ3n) is 10.9. The maximum atomic E-state index is 14.4. The number of nitrogens with zero attached hydrogens (tertiary/aromatic N) is 2. The van der Waals surface area contributed by atoms with E-state index in [0.29, 0.717) is 0 Å². The quantitative estimate of drug-likeness (QED) is 0.103. The summed E-state index contributed by atoms with van der Waals surface area (Å²) in [5.74, 6) is -1.75. The number of sulfonamides is 2. The minimum Gasteiger partial charge on any atom is -0.481 e. The van der Waals surface area contributed by atoms with Crippen molar-refractivity contribution < 1.29 is 45.2 Å². The van der Waals surface area contributed by atoms with Crippen molar-refractivity contribution in [2.24, 2.45) is 0 Å². The molecule has 2 heterocycles. The molecule has 14 heteroatoms. The lowest BCUT2D eigenvalue weighted by Crippen LogP contribution is -2.98. The maximum Gasteiger partial charge on any atom is 0.309 e. The number of unbranched alkanes of at least 4 members (excludes halogenated alkanes) is 4. The number of hydrogen-bond acceptors (Lipinski definition) is 7. The van der Waals surface area contributed by atoms with Crippen LogP contribution in [0.5, 0.6) is 0 Å². The molecule has 0 aliphatic carbocycles. The van der Waals surface area contributed by atoms with E-state index in [9.17, 15) is 31.5 Å². The average molecular weight is 765 g/mol. The lowest BCUT2D eigenvalue weighted by atomic mass is 9.59. The van der Waals surface area contributed by atoms with Gasteiger partial charge in [0.25, 0.3) is 0 Å². The first-order valence-corrected chi connectivity index (χ1v) is 21.5. The minimum absolute atomic E-state index is 0.0198. The summed E-state index contributed by atoms with van der Waals surface area (Å²) in [4.78, 5) is 25.8. The normalized spacial score (nSPS) is 25.1. The first-order valence-electron chi connectivity index (χ1n) is 18.6. The highest BCUT2D eigenvalue weighted by Crippen LogP contribution is 2.52. The van der Waals surface area contributed by atoms with Gasteiger partial charge in [-0.05, 0) is 68.0 Å². The van der Waals surface area contributed by atoms with Crippen molar-refractivity contribution in [2.45, 2.75) is 118 Å². The van der Waals surface area contributed by atoms with E-state index in [4.69, 9.17) is 4.74 Å². The molecule has 2 aromatic rings. The second-order valence-corrected chi connectivity index (χ2v) is 19.3. The third-order valence-corrected chi connectivity index (χ3v) is 14.0. The van der Waals surface area contributed by atoms with Gasteiger partial charge in [0.15, 0.2) is 5.54 Å². The molecular formula is C38H60N4O8S2+2. The van der Waals surface area contributed by atoms with E-state index in [1.165, 1.54) is 0 Å². The number of hydrogen-bond donors (Lipinski definition) is 3. The van der Waals surface area contributed by atoms with Crippen molar-refractivity contribution in [3.63, 3.8) is 0 Å². The Labute approximate surface area is 311 Å². The van der Waals surface area contributed by atoms with Gasteiger partial charge in [-0.1, -0.05) is 63.8 Å². The fourth-order valence-electron chi connectivity index (χ4n) is 9.21. The van der Waals surface area contributed by atoms with Crippen LogP contribution in [0.15, 0.2) is 58.3 Å². The van der Waals surface area contributed by atoms with Crippen molar-refractivity contribution >= 4 is 32.0 Å². The number of rotatable bonds is 20. The van der Waals surface area contributed by atoms with Crippen LogP contribution in [-0.4, -0.2) is 114 Å². The lowest BCUT2D eigenvalue weighted by Gasteiger charge is -2.71. The fourth-order valence-corrected chi connectivity index (χ4v) is 12.0. The van der Waals surface area contributed by atoms with Crippen LogP contribution in [0.25, 0.3) is 0 Å². The molecule has 52 heavy (non-hydrogen) atoms. The van der Waals surface area contributed by atoms with E-state index in [1.807, 2.05) is 28.2 Å². The number of aliphatic carboxylic acids is 1. The van der Waals surface area contributed by atoms with Gasteiger partial charge in [-0.2, -0.15) is 9.44 Å². The predicted octanol–water partition coefficient (Wildman–Crippen LogP) is 4.23. The number of ether oxygens (including phenoxy) is 1. The highest BCUT2D eigenvalue weighted by Gasteiger charge is 2.80. The molecule has 2 fully saturated rings. The highest BCUT2D eigenvalue weighted by molar-refractivity contribution is 7.89. The summed E-state index contributed by atoms with van der Waals surface area (Å²) in [6.45, 7) is 6.27. The van der Waals surface area contributed by atoms with E-state index < -0.39 is 55.1 Å². The summed E-state index contributed by atoms with van der Waals surface area (Å²) in [6.07, 6.45) is 7.16. The molecule has 290 valence electrons. The molecular weight excluding hydrogens is 705 g/mol. The number of benzene rings is 2. The number of carbonyl (C=O) groups excluding carboxylic acids is 1. The Morgan fingerprint density at radius 1 is 0.750 bits per heavy atom. The lowest BCUT2D eigenvalue weighted by molar-refractivity contribution is -1.02. The molecule has 2 saturated heterocycles. The Bertz CT molecular complexity index is 1780. The average Bonchev–Trinajstić information content (AvgIpc) is 3.03. The van der Waals surface area contributed by atoms with E-state index in [1.54, 1.807) is 55.5 Å². The van der Waals surface area contributed by atoms with Gasteiger partial charge in [0.1, 0.15) is 30.7 Å². The van der Waals surface area contributed by atoms with E-state index in [2.05, 4.69) is 23.3 Å². The molecule has 0 amide bonds. The summed E-state index contributed by atoms with van der Waals surface area (Å²) < 4.78 is 68.8. The van der Waals surface area contributed by atoms with E-state index in [0.717, 1.165) is 62.5 Å². The summed E-state index contributed by atoms with van der Waals surface area (Å²) in [5.41, 5.74) is -0.959. The number of carboxylic acids is 1. The Kier molecular flexibility index (Phi) is 13.1. The zero-order chi connectivity index (χ0) is 38.6. The van der Waals surface area contributed by atoms with Gasteiger partial charge in [0.05, 0.1) is 57.4 Å². The van der Waals surface area contributed by atoms with Crippen LogP contribution >= 0.6 is 0 Å². The van der Waals surface area contributed by atoms with Crippen molar-refractivity contribution in [3.05, 3.63) is 59.7 Å². The standard InChI is InChI=1S/C38H59N4O8S2/c1-8-11-13-15-29-17-21-31(22-18-29)51(46,47)39-37(26-35(45)50-10-3)27-42(6,7)36(37)38(28-41(4,5)33(38)25-34(43)44)40-52(48,49)32-23-19-30(20-24-32)16-14-12-9-2/h17-24,33,36,39-40H,8-16,25-28H2,1-7H3/q+1/p+1. The number of esters is 1. The van der Waals surface area contributed by atoms with Crippen LogP contribution < -0.4 is 9.44 Å². The Morgan fingerprint density at radius 3 is 1.63 bits per heavy atom. The maximum absolute atomic E-state index is 14.4. The zero-order valence-corrected chi connectivity index (χ0v) is 33.6. The third kappa shape index (κ3) is 9.07. The van der Waals surface area contributed by atoms with Crippen molar-refractivity contribution in [3.8, 4) is 0 Å². The Hall–Kier alpha value is -2.88. The first kappa shape index (κ1) is 41.9. The monoisotopic (exact) mass is 764 g/mol. The molecule has 3 N–H and O–H groups in total. The predicted molar refractivity (Wildman–Crippen MR) is 200 cm³/mol. The summed E-state index contributed by atoms with van der Waals surface area (Å²) in [7, 11) is -1.14. The molecule has 4 atom stereocenters. The van der Waals surface area contributed by atoms with Gasteiger partial charge in [-0.15, -0.1) is 0 Å². The number of quaternary nitrogens is 2. The van der Waals surface area contributed by atoms with Gasteiger partial charge >= 0.3 is 11.9 Å². The van der Waals surface area contributed by atoms with Gasteiger partial charge < -0.3 is 18.8 Å². The SMILES string of the molecule is CCCCCc1ccc(S(=O)(=O)NC2(CC(=O)OCC)C[N+](C)(C)C2C2(NS(=O)(=O)c3ccc(CCCCC)cc3)C[N+](C)(C)C2CC(=O)O)cc1. The second kappa shape index (κ2) is 16.2. The van der Waals surface area contributed by atoms with Crippen LogP contribution in [0.3, 0.4) is 0 Å². The zero-order valence-electron chi connectivity index (χ0n) is 32.0. The molecule has 2 aromatic carbocycles. The number of carboxylic acid groups (broad SMARTS) is 1. The van der Waals surface area contributed by atoms with Crippen LogP contribution in [0, 0.1) is 0 Å². The van der Waals surface area contributed by atoms with E-state index >= 15 is 0 Å². The van der Waals surface area contributed by atoms with Crippen molar-refractivity contribution in [1.82, 2.24) is 9.44 Å². The van der Waals surface area contributed by atoms with Gasteiger partial charge in [-0.25, -0.2) is 16.8 Å². The molecule has 2 aliphatic heterocycles. The fraction of sp³-hybridized carbons (Fsp3) is 0.632. The summed E-state index contributed by atoms with van der Waals surface area (Å²) in [6, 6.07) is 11.7. The molecule has 0 saturated carbocycles. The number of aryl methyl sites for hydroxylation is 2. The van der Waals surface area contributed by atoms with Crippen LogP contribution in [0.4, 0.5) is 0 Å². The largest absolute Gasteiger partial charge is 0.481 e. The summed E-state index contributed by atoms with van der Waals surface area (Å²) >= 11 is 0. The molecule has 0 spiro atoms. The molecule has 2 aliphatic rings. The van der Waals surface area contributed by atoms with Crippen LogP contribution in [0.1, 0.15) is 83.3 Å². The minimum atomic E-state index is -4.27. The van der Waals surface area contributed by atoms with Gasteiger partial charge in [0, 0.05) is 0 Å². The number of nitrogens with one attached hydrogen (secondary N) is 2. The smallest absolute Gasteiger partial charge is 0.309 e. The van der Waals surface area contributed by atoms with Crippen molar-refractivity contribution in [2.75, 3.05) is 47.9 Å². The molecule has 12 nitrogen and oxygen atoms in total. The Balaban J connectivity index is 1.81. The number of likely N-dealkylation sites (N-methyl/N-ethyl adjacent to an activating group) is 2. The van der Waals surface area contributed by atoms with Crippen molar-refractivity contribution in [1.29, 1.82) is 0 Å². The van der Waals surface area contributed by atoms with Gasteiger partial charge in [0.2, 0.25) is 20.0 Å². The topological polar surface area (TPSA) is 156 Å². The molecule has 4 unspecified atom stereocenters. The molecule has 0 radical (unpaired) electrons. The second-order valence-electron chi connectivity index (χ2n) is 16.0. The molecule has 0 bridgehead atoms. The molecule has 4 rings (SSSR count). The van der Waals surface area contributed by atoms with Gasteiger partial charge in [-0.3, -0.25) is 9.59 Å². The number of likely N-dealkylation sites (tertiary alicyclic amines) is 2. The van der Waals surface area contributed by atoms with Crippen LogP contribution in [0.2, 0.25) is 0 Å². The van der Waals surface area contributed by atoms with Crippen LogP contribution in [-0.2, 0) is 47.2 Å².